The highest BCUT2D eigenvalue weighted by Gasteiger charge is 2.26. The zero-order valence-corrected chi connectivity index (χ0v) is 20.6. The second-order valence-corrected chi connectivity index (χ2v) is 9.55. The second kappa shape index (κ2) is 10.7. The molecule has 0 radical (unpaired) electrons. The van der Waals surface area contributed by atoms with E-state index in [2.05, 4.69) is 38.7 Å². The number of carbonyl (C=O) groups is 1. The molecule has 0 N–H and O–H groups in total. The summed E-state index contributed by atoms with van der Waals surface area (Å²) in [6, 6.07) is 14.9. The molecule has 3 aromatic rings. The van der Waals surface area contributed by atoms with Crippen molar-refractivity contribution in [2.45, 2.75) is 12.1 Å². The highest BCUT2D eigenvalue weighted by Crippen LogP contribution is 2.29. The van der Waals surface area contributed by atoms with Crippen molar-refractivity contribution in [1.29, 1.82) is 0 Å². The fourth-order valence-electron chi connectivity index (χ4n) is 4.47. The van der Waals surface area contributed by atoms with Crippen LogP contribution in [0.2, 0.25) is 0 Å². The first-order valence-electron chi connectivity index (χ1n) is 11.9. The van der Waals surface area contributed by atoms with Crippen molar-refractivity contribution in [2.75, 3.05) is 68.0 Å². The van der Waals surface area contributed by atoms with E-state index < -0.39 is 0 Å². The van der Waals surface area contributed by atoms with E-state index >= 15 is 0 Å². The number of anilines is 2. The zero-order valence-electron chi connectivity index (χ0n) is 19.8. The van der Waals surface area contributed by atoms with Crippen LogP contribution in [-0.2, 0) is 9.53 Å². The summed E-state index contributed by atoms with van der Waals surface area (Å²) < 4.78 is 21.7. The molecule has 5 rings (SSSR count). The van der Waals surface area contributed by atoms with Crippen LogP contribution in [0.1, 0.15) is 5.56 Å². The van der Waals surface area contributed by atoms with Crippen LogP contribution in [0.3, 0.4) is 0 Å². The molecule has 10 heteroatoms. The topological polar surface area (TPSA) is 66.7 Å². The molecule has 0 unspecified atom stereocenters. The van der Waals surface area contributed by atoms with Crippen molar-refractivity contribution in [3.8, 4) is 5.69 Å². The maximum Gasteiger partial charge on any atom is 0.233 e. The smallest absolute Gasteiger partial charge is 0.233 e. The summed E-state index contributed by atoms with van der Waals surface area (Å²) in [7, 11) is 0. The summed E-state index contributed by atoms with van der Waals surface area (Å²) in [4.78, 5) is 19.1. The van der Waals surface area contributed by atoms with Crippen molar-refractivity contribution in [1.82, 2.24) is 19.7 Å². The fourth-order valence-corrected chi connectivity index (χ4v) is 5.31. The third-order valence-electron chi connectivity index (χ3n) is 6.42. The second-order valence-electron chi connectivity index (χ2n) is 8.61. The first-order chi connectivity index (χ1) is 17.1. The van der Waals surface area contributed by atoms with Gasteiger partial charge in [-0.15, -0.1) is 10.2 Å². The summed E-state index contributed by atoms with van der Waals surface area (Å²) >= 11 is 1.40. The molecule has 0 saturated carbocycles. The number of benzene rings is 2. The normalized spacial score (nSPS) is 16.6. The van der Waals surface area contributed by atoms with Crippen LogP contribution in [-0.4, -0.2) is 83.8 Å². The van der Waals surface area contributed by atoms with Gasteiger partial charge in [-0.3, -0.25) is 9.36 Å². The molecule has 0 aliphatic carbocycles. The Labute approximate surface area is 208 Å². The number of halogens is 1. The lowest BCUT2D eigenvalue weighted by atomic mass is 10.2. The maximum absolute atomic E-state index is 14.1. The number of carbonyl (C=O) groups excluding carboxylic acids is 1. The zero-order chi connectivity index (χ0) is 24.2. The average Bonchev–Trinajstić information content (AvgIpc) is 3.32. The maximum atomic E-state index is 14.1. The Hall–Kier alpha value is -3.11. The van der Waals surface area contributed by atoms with Crippen molar-refractivity contribution in [2.24, 2.45) is 0 Å². The minimum absolute atomic E-state index is 0.0513. The molecule has 0 atom stereocenters. The van der Waals surface area contributed by atoms with Gasteiger partial charge in [-0.2, -0.15) is 0 Å². The average molecular weight is 497 g/mol. The first-order valence-corrected chi connectivity index (χ1v) is 12.8. The minimum Gasteiger partial charge on any atom is -0.378 e. The van der Waals surface area contributed by atoms with E-state index in [0.717, 1.165) is 30.3 Å². The molecule has 35 heavy (non-hydrogen) atoms. The molecule has 184 valence electrons. The van der Waals surface area contributed by atoms with Gasteiger partial charge in [0.15, 0.2) is 5.16 Å². The van der Waals surface area contributed by atoms with Crippen LogP contribution in [0.5, 0.6) is 0 Å². The molecule has 8 nitrogen and oxygen atoms in total. The third-order valence-corrected chi connectivity index (χ3v) is 7.33. The number of amides is 1. The van der Waals surface area contributed by atoms with Gasteiger partial charge in [-0.1, -0.05) is 42.1 Å². The van der Waals surface area contributed by atoms with Crippen LogP contribution in [0.4, 0.5) is 16.0 Å². The van der Waals surface area contributed by atoms with Gasteiger partial charge in [-0.25, -0.2) is 4.39 Å². The van der Waals surface area contributed by atoms with Gasteiger partial charge in [0.2, 0.25) is 11.9 Å². The Kier molecular flexibility index (Phi) is 7.19. The third kappa shape index (κ3) is 5.13. The molecule has 2 aromatic carbocycles. The number of rotatable bonds is 6. The number of nitrogens with zero attached hydrogens (tertiary/aromatic N) is 6. The van der Waals surface area contributed by atoms with Crippen LogP contribution in [0, 0.1) is 12.7 Å². The van der Waals surface area contributed by atoms with Gasteiger partial charge >= 0.3 is 0 Å². The molecule has 1 amide bonds. The number of hydrogen-bond donors (Lipinski definition) is 0. The van der Waals surface area contributed by atoms with Gasteiger partial charge in [0.1, 0.15) is 5.82 Å². The fraction of sp³-hybridized carbons (Fsp3) is 0.400. The summed E-state index contributed by atoms with van der Waals surface area (Å²) in [5, 5.41) is 9.65. The SMILES string of the molecule is Cc1ccccc1-n1c(SCC(=O)N2CCN(c3ccccc3F)CC2)nnc1N1CCOCC1. The number of ether oxygens (including phenoxy) is 1. The summed E-state index contributed by atoms with van der Waals surface area (Å²) in [6.45, 7) is 7.22. The Morgan fingerprint density at radius 2 is 1.60 bits per heavy atom. The number of aryl methyl sites for hydroxylation is 1. The Morgan fingerprint density at radius 1 is 0.914 bits per heavy atom. The van der Waals surface area contributed by atoms with Crippen molar-refractivity contribution in [3.05, 3.63) is 59.9 Å². The molecule has 2 saturated heterocycles. The Bertz CT molecular complexity index is 1170. The number of para-hydroxylation sites is 2. The van der Waals surface area contributed by atoms with Gasteiger partial charge < -0.3 is 19.4 Å². The Morgan fingerprint density at radius 3 is 2.31 bits per heavy atom. The molecule has 0 bridgehead atoms. The molecule has 2 aliphatic rings. The molecule has 3 heterocycles. The molecular weight excluding hydrogens is 467 g/mol. The van der Waals surface area contributed by atoms with E-state index in [1.54, 1.807) is 12.1 Å². The number of piperazine rings is 1. The molecule has 0 spiro atoms. The largest absolute Gasteiger partial charge is 0.378 e. The van der Waals surface area contributed by atoms with E-state index in [-0.39, 0.29) is 17.5 Å². The van der Waals surface area contributed by atoms with Crippen molar-refractivity contribution >= 4 is 29.3 Å². The standard InChI is InChI=1S/C25H29FN6O2S/c1-19-6-2-4-8-21(19)32-24(31-14-16-34-17-15-31)27-28-25(32)35-18-23(33)30-12-10-29(11-13-30)22-9-5-3-7-20(22)26/h2-9H,10-18H2,1H3. The lowest BCUT2D eigenvalue weighted by Crippen LogP contribution is -2.49. The minimum atomic E-state index is -0.227. The van der Waals surface area contributed by atoms with Gasteiger partial charge in [0.05, 0.1) is 30.3 Å². The van der Waals surface area contributed by atoms with Gasteiger partial charge in [0, 0.05) is 39.3 Å². The molecule has 2 fully saturated rings. The predicted molar refractivity (Wildman–Crippen MR) is 135 cm³/mol. The monoisotopic (exact) mass is 496 g/mol. The van der Waals surface area contributed by atoms with Gasteiger partial charge in [-0.05, 0) is 30.7 Å². The quantitative estimate of drug-likeness (QED) is 0.486. The number of aromatic nitrogens is 3. The number of thioether (sulfide) groups is 1. The van der Waals surface area contributed by atoms with Crippen LogP contribution >= 0.6 is 11.8 Å². The lowest BCUT2D eigenvalue weighted by molar-refractivity contribution is -0.128. The molecule has 1 aromatic heterocycles. The molecular formula is C25H29FN6O2S. The van der Waals surface area contributed by atoms with E-state index in [0.29, 0.717) is 50.2 Å². The predicted octanol–water partition coefficient (Wildman–Crippen LogP) is 2.99. The van der Waals surface area contributed by atoms with Crippen molar-refractivity contribution < 1.29 is 13.9 Å². The first kappa shape index (κ1) is 23.6. The van der Waals surface area contributed by atoms with Crippen LogP contribution in [0.15, 0.2) is 53.7 Å². The summed E-state index contributed by atoms with van der Waals surface area (Å²) in [5.74, 6) is 0.869. The van der Waals surface area contributed by atoms with E-state index in [1.807, 2.05) is 28.0 Å². The van der Waals surface area contributed by atoms with E-state index in [4.69, 9.17) is 4.74 Å². The van der Waals surface area contributed by atoms with Crippen LogP contribution < -0.4 is 9.80 Å². The summed E-state index contributed by atoms with van der Waals surface area (Å²) in [5.41, 5.74) is 2.71. The number of hydrogen-bond acceptors (Lipinski definition) is 7. The van der Waals surface area contributed by atoms with E-state index in [9.17, 15) is 9.18 Å². The van der Waals surface area contributed by atoms with Crippen molar-refractivity contribution in [3.63, 3.8) is 0 Å². The highest BCUT2D eigenvalue weighted by molar-refractivity contribution is 7.99. The lowest BCUT2D eigenvalue weighted by Gasteiger charge is -2.36. The van der Waals surface area contributed by atoms with E-state index in [1.165, 1.54) is 17.8 Å². The molecule has 2 aliphatic heterocycles. The van der Waals surface area contributed by atoms with Gasteiger partial charge in [0.25, 0.3) is 0 Å². The van der Waals surface area contributed by atoms with Crippen LogP contribution in [0.25, 0.3) is 5.69 Å². The summed E-state index contributed by atoms with van der Waals surface area (Å²) in [6.07, 6.45) is 0. The Balaban J connectivity index is 1.27. The highest BCUT2D eigenvalue weighted by atomic mass is 32.2. The number of morpholine rings is 1.